The molecule has 0 aliphatic carbocycles. The second-order valence-corrected chi connectivity index (χ2v) is 4.74. The first-order valence-electron chi connectivity index (χ1n) is 6.09. The Labute approximate surface area is 116 Å². The number of nitrogens with one attached hydrogen (secondary N) is 1. The van der Waals surface area contributed by atoms with Gasteiger partial charge in [0.25, 0.3) is 5.91 Å². The first-order chi connectivity index (χ1) is 8.90. The number of halogens is 1. The molecule has 0 saturated heterocycles. The van der Waals surface area contributed by atoms with Crippen LogP contribution >= 0.6 is 11.6 Å². The Morgan fingerprint density at radius 2 is 2.05 bits per heavy atom. The van der Waals surface area contributed by atoms with Crippen molar-refractivity contribution >= 4 is 23.3 Å². The minimum Gasteiger partial charge on any atom is -0.358 e. The molecule has 0 fully saturated rings. The number of aromatic nitrogens is 1. The minimum atomic E-state index is -0.523. The van der Waals surface area contributed by atoms with Crippen molar-refractivity contribution in [1.82, 2.24) is 9.88 Å². The Morgan fingerprint density at radius 1 is 1.47 bits per heavy atom. The molecule has 1 amide bonds. The highest BCUT2D eigenvalue weighted by Crippen LogP contribution is 2.20. The second-order valence-electron chi connectivity index (χ2n) is 4.47. The molecule has 1 rings (SSSR count). The Kier molecular flexibility index (Phi) is 4.94. The van der Waals surface area contributed by atoms with Gasteiger partial charge in [0.2, 0.25) is 0 Å². The molecule has 0 aliphatic heterocycles. The number of carbonyl (C=O) groups excluding carboxylic acids is 1. The predicted octanol–water partition coefficient (Wildman–Crippen LogP) is 2.46. The van der Waals surface area contributed by atoms with Crippen LogP contribution in [0.2, 0.25) is 0 Å². The molecule has 0 atom stereocenters. The van der Waals surface area contributed by atoms with Crippen molar-refractivity contribution in [1.29, 1.82) is 0 Å². The number of alkyl halides is 1. The largest absolute Gasteiger partial charge is 0.358 e. The predicted molar refractivity (Wildman–Crippen MR) is 73.6 cm³/mol. The molecular formula is C12H18ClN3O3. The van der Waals surface area contributed by atoms with Gasteiger partial charge in [-0.3, -0.25) is 4.79 Å². The van der Waals surface area contributed by atoms with Crippen molar-refractivity contribution < 1.29 is 9.72 Å². The lowest BCUT2D eigenvalue weighted by molar-refractivity contribution is -0.391. The molecule has 0 unspecified atom stereocenters. The standard InChI is InChI=1S/C12H18ClN3O3/c1-4-12(5-2,8-13)14-11(17)9-6-7-10(15(9)3)16(18)19/h6-7H,4-5,8H2,1-3H3,(H,14,17). The smallest absolute Gasteiger partial charge is 0.323 e. The molecule has 0 radical (unpaired) electrons. The fraction of sp³-hybridized carbons (Fsp3) is 0.583. The Bertz CT molecular complexity index is 472. The van der Waals surface area contributed by atoms with Crippen LogP contribution in [-0.2, 0) is 7.05 Å². The van der Waals surface area contributed by atoms with Gasteiger partial charge in [0.05, 0.1) is 12.6 Å². The SMILES string of the molecule is CCC(CC)(CCl)NC(=O)c1ccc([N+](=O)[O-])n1C. The van der Waals surface area contributed by atoms with E-state index in [1.165, 1.54) is 23.7 Å². The van der Waals surface area contributed by atoms with E-state index in [-0.39, 0.29) is 17.4 Å². The minimum absolute atomic E-state index is 0.116. The van der Waals surface area contributed by atoms with Gasteiger partial charge in [-0.25, -0.2) is 4.57 Å². The molecule has 106 valence electrons. The molecule has 0 saturated carbocycles. The van der Waals surface area contributed by atoms with Gasteiger partial charge in [-0.1, -0.05) is 13.8 Å². The summed E-state index contributed by atoms with van der Waals surface area (Å²) < 4.78 is 1.26. The fourth-order valence-electron chi connectivity index (χ4n) is 1.87. The summed E-state index contributed by atoms with van der Waals surface area (Å²) in [4.78, 5) is 22.4. The van der Waals surface area contributed by atoms with E-state index >= 15 is 0 Å². The lowest BCUT2D eigenvalue weighted by Crippen LogP contribution is -2.49. The molecule has 0 bridgehead atoms. The number of nitro groups is 1. The zero-order valence-electron chi connectivity index (χ0n) is 11.3. The highest BCUT2D eigenvalue weighted by molar-refractivity contribution is 6.18. The van der Waals surface area contributed by atoms with E-state index in [1.54, 1.807) is 0 Å². The maximum Gasteiger partial charge on any atom is 0.323 e. The molecule has 1 heterocycles. The third kappa shape index (κ3) is 3.07. The van der Waals surface area contributed by atoms with Crippen LogP contribution in [0.25, 0.3) is 0 Å². The lowest BCUT2D eigenvalue weighted by atomic mass is 9.95. The third-order valence-electron chi connectivity index (χ3n) is 3.50. The molecule has 1 aromatic rings. The summed E-state index contributed by atoms with van der Waals surface area (Å²) in [6.07, 6.45) is 1.40. The first-order valence-corrected chi connectivity index (χ1v) is 6.62. The maximum atomic E-state index is 12.2. The Morgan fingerprint density at radius 3 is 2.42 bits per heavy atom. The number of nitrogens with zero attached hydrogens (tertiary/aromatic N) is 2. The molecule has 1 N–H and O–H groups in total. The van der Waals surface area contributed by atoms with Crippen LogP contribution in [0.15, 0.2) is 12.1 Å². The molecule has 0 aromatic carbocycles. The monoisotopic (exact) mass is 287 g/mol. The van der Waals surface area contributed by atoms with Crippen LogP contribution in [0.3, 0.4) is 0 Å². The van der Waals surface area contributed by atoms with Crippen LogP contribution in [0.4, 0.5) is 5.82 Å². The Balaban J connectivity index is 2.99. The van der Waals surface area contributed by atoms with Gasteiger partial charge in [0.15, 0.2) is 5.69 Å². The van der Waals surface area contributed by atoms with Gasteiger partial charge in [0, 0.05) is 11.9 Å². The van der Waals surface area contributed by atoms with Crippen LogP contribution < -0.4 is 5.32 Å². The lowest BCUT2D eigenvalue weighted by Gasteiger charge is -2.30. The third-order valence-corrected chi connectivity index (χ3v) is 4.01. The van der Waals surface area contributed by atoms with Crippen molar-refractivity contribution in [2.45, 2.75) is 32.2 Å². The summed E-state index contributed by atoms with van der Waals surface area (Å²) in [5, 5.41) is 13.6. The second kappa shape index (κ2) is 6.06. The van der Waals surface area contributed by atoms with Crippen molar-refractivity contribution in [3.8, 4) is 0 Å². The van der Waals surface area contributed by atoms with Gasteiger partial charge in [-0.15, -0.1) is 11.6 Å². The van der Waals surface area contributed by atoms with Gasteiger partial charge >= 0.3 is 5.82 Å². The molecule has 0 spiro atoms. The number of rotatable bonds is 6. The van der Waals surface area contributed by atoms with E-state index in [0.29, 0.717) is 18.7 Å². The summed E-state index contributed by atoms with van der Waals surface area (Å²) in [6.45, 7) is 3.89. The van der Waals surface area contributed by atoms with Crippen LogP contribution in [0, 0.1) is 10.1 Å². The van der Waals surface area contributed by atoms with Crippen LogP contribution in [-0.4, -0.2) is 26.8 Å². The molecule has 6 nitrogen and oxygen atoms in total. The summed E-state index contributed by atoms with van der Waals surface area (Å²) in [7, 11) is 1.49. The summed E-state index contributed by atoms with van der Waals surface area (Å²) in [5.41, 5.74) is -0.222. The van der Waals surface area contributed by atoms with Gasteiger partial charge in [-0.05, 0) is 23.8 Å². The molecule has 19 heavy (non-hydrogen) atoms. The van der Waals surface area contributed by atoms with Crippen LogP contribution in [0.5, 0.6) is 0 Å². The van der Waals surface area contributed by atoms with Crippen LogP contribution in [0.1, 0.15) is 37.2 Å². The van der Waals surface area contributed by atoms with Crippen molar-refractivity contribution in [2.24, 2.45) is 7.05 Å². The van der Waals surface area contributed by atoms with E-state index < -0.39 is 10.5 Å². The molecule has 7 heteroatoms. The molecular weight excluding hydrogens is 270 g/mol. The summed E-state index contributed by atoms with van der Waals surface area (Å²) >= 11 is 5.92. The highest BCUT2D eigenvalue weighted by Gasteiger charge is 2.30. The summed E-state index contributed by atoms with van der Waals surface area (Å²) in [5.74, 6) is -0.160. The average Bonchev–Trinajstić information content (AvgIpc) is 2.78. The molecule has 1 aromatic heterocycles. The topological polar surface area (TPSA) is 77.2 Å². The van der Waals surface area contributed by atoms with Gasteiger partial charge in [-0.2, -0.15) is 0 Å². The number of carbonyl (C=O) groups is 1. The van der Waals surface area contributed by atoms with Crippen molar-refractivity contribution in [3.05, 3.63) is 27.9 Å². The van der Waals surface area contributed by atoms with E-state index in [4.69, 9.17) is 11.6 Å². The van der Waals surface area contributed by atoms with Gasteiger partial charge < -0.3 is 15.4 Å². The normalized spacial score (nSPS) is 11.4. The van der Waals surface area contributed by atoms with Crippen molar-refractivity contribution in [3.63, 3.8) is 0 Å². The molecule has 0 aliphatic rings. The van der Waals surface area contributed by atoms with E-state index in [2.05, 4.69) is 5.32 Å². The fourth-order valence-corrected chi connectivity index (χ4v) is 2.31. The number of hydrogen-bond donors (Lipinski definition) is 1. The quantitative estimate of drug-likeness (QED) is 0.496. The van der Waals surface area contributed by atoms with Gasteiger partial charge in [0.1, 0.15) is 0 Å². The maximum absolute atomic E-state index is 12.2. The number of hydrogen-bond acceptors (Lipinski definition) is 3. The Hall–Kier alpha value is -1.56. The average molecular weight is 288 g/mol. The first kappa shape index (κ1) is 15.5. The van der Waals surface area contributed by atoms with E-state index in [0.717, 1.165) is 0 Å². The van der Waals surface area contributed by atoms with Crippen molar-refractivity contribution in [2.75, 3.05) is 5.88 Å². The van der Waals surface area contributed by atoms with E-state index in [1.807, 2.05) is 13.8 Å². The highest BCUT2D eigenvalue weighted by atomic mass is 35.5. The number of amides is 1. The summed E-state index contributed by atoms with van der Waals surface area (Å²) in [6, 6.07) is 2.76. The zero-order valence-corrected chi connectivity index (χ0v) is 12.0. The zero-order chi connectivity index (χ0) is 14.6. The van der Waals surface area contributed by atoms with E-state index in [9.17, 15) is 14.9 Å².